The number of terminal acetylenes is 1. The van der Waals surface area contributed by atoms with Crippen molar-refractivity contribution >= 4 is 5.97 Å². The highest BCUT2D eigenvalue weighted by atomic mass is 16.5. The molecular weight excluding hydrogens is 188 g/mol. The van der Waals surface area contributed by atoms with E-state index >= 15 is 0 Å². The van der Waals surface area contributed by atoms with E-state index < -0.39 is 11.4 Å². The van der Waals surface area contributed by atoms with Crippen LogP contribution in [0.1, 0.15) is 26.4 Å². The van der Waals surface area contributed by atoms with Crippen LogP contribution in [0.3, 0.4) is 0 Å². The zero-order valence-electron chi connectivity index (χ0n) is 9.20. The maximum atomic E-state index is 11.6. The maximum absolute atomic E-state index is 11.6. The summed E-state index contributed by atoms with van der Waals surface area (Å²) in [7, 11) is 0. The standard InChI is InChI=1S/C13H14O2.H2/c1-5-15-12(14)13(3,4)11-8-6-10(2)7-9-11;/h1,6-9H,2-4H3;1H. The van der Waals surface area contributed by atoms with Gasteiger partial charge in [-0.3, -0.25) is 0 Å². The topological polar surface area (TPSA) is 26.3 Å². The van der Waals surface area contributed by atoms with Gasteiger partial charge in [-0.15, -0.1) is 0 Å². The fourth-order valence-corrected chi connectivity index (χ4v) is 1.27. The van der Waals surface area contributed by atoms with Crippen LogP contribution in [0.5, 0.6) is 0 Å². The van der Waals surface area contributed by atoms with Gasteiger partial charge in [0.2, 0.25) is 0 Å². The average molecular weight is 204 g/mol. The van der Waals surface area contributed by atoms with E-state index in [2.05, 4.69) is 4.74 Å². The molecule has 15 heavy (non-hydrogen) atoms. The van der Waals surface area contributed by atoms with Crippen molar-refractivity contribution in [2.75, 3.05) is 0 Å². The maximum Gasteiger partial charge on any atom is 0.329 e. The van der Waals surface area contributed by atoms with Gasteiger partial charge in [-0.2, -0.15) is 0 Å². The second-order valence-electron chi connectivity index (χ2n) is 4.00. The van der Waals surface area contributed by atoms with Crippen LogP contribution >= 0.6 is 0 Å². The molecule has 0 saturated heterocycles. The molecule has 1 rings (SSSR count). The lowest BCUT2D eigenvalue weighted by Crippen LogP contribution is -2.29. The van der Waals surface area contributed by atoms with E-state index in [1.165, 1.54) is 0 Å². The van der Waals surface area contributed by atoms with Gasteiger partial charge in [0, 0.05) is 1.43 Å². The Morgan fingerprint density at radius 3 is 2.40 bits per heavy atom. The molecule has 1 aromatic rings. The fraction of sp³-hybridized carbons (Fsp3) is 0.308. The SMILES string of the molecule is C#COC(=O)C(C)(C)c1ccc(C)cc1.[HH]. The Kier molecular flexibility index (Phi) is 3.16. The van der Waals surface area contributed by atoms with Crippen LogP contribution in [-0.4, -0.2) is 5.97 Å². The third kappa shape index (κ3) is 2.38. The molecule has 0 aliphatic heterocycles. The first kappa shape index (κ1) is 11.3. The number of carbonyl (C=O) groups is 1. The Morgan fingerprint density at radius 2 is 1.93 bits per heavy atom. The Labute approximate surface area is 91.7 Å². The van der Waals surface area contributed by atoms with Gasteiger partial charge in [-0.1, -0.05) is 36.3 Å². The van der Waals surface area contributed by atoms with E-state index in [1.807, 2.05) is 37.3 Å². The third-order valence-electron chi connectivity index (χ3n) is 2.44. The van der Waals surface area contributed by atoms with Gasteiger partial charge in [0.1, 0.15) is 6.11 Å². The lowest BCUT2D eigenvalue weighted by atomic mass is 9.84. The number of hydrogen-bond donors (Lipinski definition) is 0. The minimum Gasteiger partial charge on any atom is -0.372 e. The van der Waals surface area contributed by atoms with E-state index in [1.54, 1.807) is 13.8 Å². The normalized spacial score (nSPS) is 10.5. The highest BCUT2D eigenvalue weighted by molar-refractivity contribution is 5.82. The quantitative estimate of drug-likeness (QED) is 0.547. The van der Waals surface area contributed by atoms with Crippen molar-refractivity contribution in [1.29, 1.82) is 0 Å². The van der Waals surface area contributed by atoms with Crippen molar-refractivity contribution in [3.8, 4) is 12.5 Å². The summed E-state index contributed by atoms with van der Waals surface area (Å²) in [5, 5.41) is 0. The molecule has 0 aliphatic carbocycles. The molecule has 0 aliphatic rings. The first-order chi connectivity index (χ1) is 6.98. The third-order valence-corrected chi connectivity index (χ3v) is 2.44. The minimum absolute atomic E-state index is 0. The zero-order chi connectivity index (χ0) is 11.5. The molecular formula is C13H16O2. The molecule has 0 heterocycles. The van der Waals surface area contributed by atoms with E-state index in [0.717, 1.165) is 11.1 Å². The largest absolute Gasteiger partial charge is 0.372 e. The molecule has 2 nitrogen and oxygen atoms in total. The second kappa shape index (κ2) is 4.18. The smallest absolute Gasteiger partial charge is 0.329 e. The average Bonchev–Trinajstić information content (AvgIpc) is 2.18. The van der Waals surface area contributed by atoms with Gasteiger partial charge >= 0.3 is 5.97 Å². The molecule has 0 radical (unpaired) electrons. The molecule has 0 atom stereocenters. The molecule has 0 fully saturated rings. The summed E-state index contributed by atoms with van der Waals surface area (Å²) in [6.07, 6.45) is 6.84. The summed E-state index contributed by atoms with van der Waals surface area (Å²) >= 11 is 0. The van der Waals surface area contributed by atoms with Crippen LogP contribution in [-0.2, 0) is 14.9 Å². The van der Waals surface area contributed by atoms with E-state index in [-0.39, 0.29) is 1.43 Å². The number of ether oxygens (including phenoxy) is 1. The Morgan fingerprint density at radius 1 is 1.40 bits per heavy atom. The molecule has 2 heteroatoms. The summed E-state index contributed by atoms with van der Waals surface area (Å²) in [6.45, 7) is 5.57. The fourth-order valence-electron chi connectivity index (χ4n) is 1.27. The first-order valence-corrected chi connectivity index (χ1v) is 4.72. The molecule has 0 saturated carbocycles. The number of benzene rings is 1. The number of esters is 1. The highest BCUT2D eigenvalue weighted by Crippen LogP contribution is 2.24. The van der Waals surface area contributed by atoms with Gasteiger partial charge in [0.25, 0.3) is 0 Å². The van der Waals surface area contributed by atoms with Crippen molar-refractivity contribution in [3.63, 3.8) is 0 Å². The van der Waals surface area contributed by atoms with Crippen molar-refractivity contribution in [1.82, 2.24) is 0 Å². The van der Waals surface area contributed by atoms with Crippen LogP contribution in [0.4, 0.5) is 0 Å². The summed E-state index contributed by atoms with van der Waals surface area (Å²) < 4.78 is 4.58. The van der Waals surface area contributed by atoms with Crippen LogP contribution < -0.4 is 0 Å². The van der Waals surface area contributed by atoms with Crippen molar-refractivity contribution in [2.24, 2.45) is 0 Å². The van der Waals surface area contributed by atoms with Crippen LogP contribution in [0.15, 0.2) is 24.3 Å². The lowest BCUT2D eigenvalue weighted by molar-refractivity contribution is -0.142. The van der Waals surface area contributed by atoms with Gasteiger partial charge in [-0.25, -0.2) is 4.79 Å². The molecule has 0 spiro atoms. The van der Waals surface area contributed by atoms with E-state index in [9.17, 15) is 4.79 Å². The van der Waals surface area contributed by atoms with Crippen LogP contribution in [0.25, 0.3) is 0 Å². The van der Waals surface area contributed by atoms with Gasteiger partial charge in [-0.05, 0) is 26.3 Å². The minimum atomic E-state index is -0.708. The van der Waals surface area contributed by atoms with Gasteiger partial charge < -0.3 is 4.74 Å². The van der Waals surface area contributed by atoms with Crippen molar-refractivity contribution < 1.29 is 11.0 Å². The number of carbonyl (C=O) groups excluding carboxylic acids is 1. The number of rotatable bonds is 2. The molecule has 80 valence electrons. The summed E-state index contributed by atoms with van der Waals surface area (Å²) in [4.78, 5) is 11.6. The first-order valence-electron chi connectivity index (χ1n) is 4.72. The molecule has 0 bridgehead atoms. The predicted molar refractivity (Wildman–Crippen MR) is 61.2 cm³/mol. The Bertz CT molecular complexity index is 399. The van der Waals surface area contributed by atoms with E-state index in [4.69, 9.17) is 6.42 Å². The molecule has 0 amide bonds. The molecule has 0 N–H and O–H groups in total. The summed E-state index contributed by atoms with van der Waals surface area (Å²) in [5.41, 5.74) is 1.34. The highest BCUT2D eigenvalue weighted by Gasteiger charge is 2.31. The molecule has 0 aromatic heterocycles. The number of aryl methyl sites for hydroxylation is 1. The van der Waals surface area contributed by atoms with E-state index in [0.29, 0.717) is 0 Å². The van der Waals surface area contributed by atoms with Crippen LogP contribution in [0.2, 0.25) is 0 Å². The zero-order valence-corrected chi connectivity index (χ0v) is 9.20. The lowest BCUT2D eigenvalue weighted by Gasteiger charge is -2.21. The summed E-state index contributed by atoms with van der Waals surface area (Å²) in [5.74, 6) is -0.408. The monoisotopic (exact) mass is 204 g/mol. The summed E-state index contributed by atoms with van der Waals surface area (Å²) in [6, 6.07) is 7.74. The molecule has 0 unspecified atom stereocenters. The van der Waals surface area contributed by atoms with Gasteiger partial charge in [0.05, 0.1) is 5.41 Å². The number of hydrogen-bond acceptors (Lipinski definition) is 2. The van der Waals surface area contributed by atoms with Crippen molar-refractivity contribution in [3.05, 3.63) is 35.4 Å². The Hall–Kier alpha value is -1.75. The van der Waals surface area contributed by atoms with Crippen molar-refractivity contribution in [2.45, 2.75) is 26.2 Å². The van der Waals surface area contributed by atoms with Gasteiger partial charge in [0.15, 0.2) is 0 Å². The Balaban J connectivity index is 0.00000225. The second-order valence-corrected chi connectivity index (χ2v) is 4.00. The predicted octanol–water partition coefficient (Wildman–Crippen LogP) is 2.65. The van der Waals surface area contributed by atoms with Crippen LogP contribution in [0, 0.1) is 19.5 Å². The molecule has 1 aromatic carbocycles.